The summed E-state index contributed by atoms with van der Waals surface area (Å²) in [5.41, 5.74) is 2.65. The molecule has 0 N–H and O–H groups in total. The van der Waals surface area contributed by atoms with Crippen LogP contribution in [-0.4, -0.2) is 16.6 Å². The Morgan fingerprint density at radius 2 is 1.90 bits per heavy atom. The number of thioether (sulfide) groups is 1. The predicted octanol–water partition coefficient (Wildman–Crippen LogP) is 7.02. The molecule has 0 atom stereocenters. The average Bonchev–Trinajstić information content (AvgIpc) is 3.15. The molecule has 1 heterocycles. The number of fused-ring (bicyclic) bond motifs is 1. The molecular weight excluding hydrogens is 464 g/mol. The first-order valence-electron chi connectivity index (χ1n) is 9.29. The van der Waals surface area contributed by atoms with Crippen molar-refractivity contribution in [2.45, 2.75) is 18.4 Å². The number of benzene rings is 3. The number of carbonyl (C=O) groups excluding carboxylic acids is 1. The molecule has 0 aliphatic heterocycles. The molecule has 0 radical (unpaired) electrons. The van der Waals surface area contributed by atoms with Crippen molar-refractivity contribution in [3.8, 4) is 0 Å². The molecule has 4 aromatic rings. The van der Waals surface area contributed by atoms with E-state index in [2.05, 4.69) is 22.9 Å². The maximum absolute atomic E-state index is 13.5. The lowest BCUT2D eigenvalue weighted by molar-refractivity contribution is 0.0985. The van der Waals surface area contributed by atoms with Crippen LogP contribution in [0.25, 0.3) is 10.2 Å². The van der Waals surface area contributed by atoms with Crippen LogP contribution in [0.4, 0.5) is 5.13 Å². The summed E-state index contributed by atoms with van der Waals surface area (Å²) in [6.45, 7) is 2.59. The van der Waals surface area contributed by atoms with E-state index in [0.29, 0.717) is 17.2 Å². The van der Waals surface area contributed by atoms with Gasteiger partial charge in [-0.25, -0.2) is 4.98 Å². The second-order valence-corrected chi connectivity index (χ2v) is 9.71. The number of anilines is 1. The van der Waals surface area contributed by atoms with Gasteiger partial charge < -0.3 is 0 Å². The van der Waals surface area contributed by atoms with Gasteiger partial charge in [-0.1, -0.05) is 70.6 Å². The zero-order valence-electron chi connectivity index (χ0n) is 15.8. The summed E-state index contributed by atoms with van der Waals surface area (Å²) in [5.74, 6) is 0.934. The molecule has 0 aliphatic carbocycles. The molecular formula is C23H19BrN2OS2. The van der Waals surface area contributed by atoms with Crippen molar-refractivity contribution in [1.82, 2.24) is 4.98 Å². The molecule has 6 heteroatoms. The van der Waals surface area contributed by atoms with Crippen molar-refractivity contribution in [2.24, 2.45) is 0 Å². The lowest BCUT2D eigenvalue weighted by Crippen LogP contribution is -2.30. The van der Waals surface area contributed by atoms with E-state index in [-0.39, 0.29) is 5.91 Å². The third-order valence-corrected chi connectivity index (χ3v) is 6.80. The molecule has 4 rings (SSSR count). The minimum atomic E-state index is -0.0365. The Morgan fingerprint density at radius 1 is 1.07 bits per heavy atom. The van der Waals surface area contributed by atoms with Crippen molar-refractivity contribution >= 4 is 60.3 Å². The highest BCUT2D eigenvalue weighted by Crippen LogP contribution is 2.33. The maximum Gasteiger partial charge on any atom is 0.260 e. The van der Waals surface area contributed by atoms with Crippen LogP contribution in [0.1, 0.15) is 22.8 Å². The van der Waals surface area contributed by atoms with Crippen LogP contribution >= 0.6 is 39.0 Å². The molecule has 0 aliphatic rings. The van der Waals surface area contributed by atoms with Crippen molar-refractivity contribution in [3.05, 3.63) is 88.4 Å². The number of amides is 1. The Balaban J connectivity index is 1.74. The summed E-state index contributed by atoms with van der Waals surface area (Å²) in [6.07, 6.45) is 0. The summed E-state index contributed by atoms with van der Waals surface area (Å²) in [5, 5.41) is 0.709. The molecule has 29 heavy (non-hydrogen) atoms. The fraction of sp³-hybridized carbons (Fsp3) is 0.130. The largest absolute Gasteiger partial charge is 0.279 e. The Kier molecular flexibility index (Phi) is 6.33. The van der Waals surface area contributed by atoms with Gasteiger partial charge in [0.2, 0.25) is 0 Å². The molecule has 146 valence electrons. The maximum atomic E-state index is 13.5. The molecule has 3 nitrogen and oxygen atoms in total. The first-order chi connectivity index (χ1) is 14.1. The van der Waals surface area contributed by atoms with Gasteiger partial charge in [0, 0.05) is 14.9 Å². The van der Waals surface area contributed by atoms with Crippen LogP contribution in [0.15, 0.2) is 82.2 Å². The van der Waals surface area contributed by atoms with E-state index in [1.165, 1.54) is 11.3 Å². The van der Waals surface area contributed by atoms with Crippen molar-refractivity contribution in [3.63, 3.8) is 0 Å². The monoisotopic (exact) mass is 482 g/mol. The molecule has 0 unspecified atom stereocenters. The Labute approximate surface area is 186 Å². The Hall–Kier alpha value is -2.15. The lowest BCUT2D eigenvalue weighted by atomic mass is 10.1. The molecule has 1 amide bonds. The van der Waals surface area contributed by atoms with Gasteiger partial charge in [-0.05, 0) is 47.7 Å². The third-order valence-electron chi connectivity index (χ3n) is 4.39. The predicted molar refractivity (Wildman–Crippen MR) is 127 cm³/mol. The van der Waals surface area contributed by atoms with Crippen LogP contribution in [-0.2, 0) is 6.54 Å². The molecule has 0 saturated carbocycles. The van der Waals surface area contributed by atoms with Gasteiger partial charge in [-0.3, -0.25) is 9.69 Å². The Morgan fingerprint density at radius 3 is 2.69 bits per heavy atom. The summed E-state index contributed by atoms with van der Waals surface area (Å²) >= 11 is 6.79. The highest BCUT2D eigenvalue weighted by atomic mass is 79.9. The van der Waals surface area contributed by atoms with Gasteiger partial charge in [0.05, 0.1) is 16.8 Å². The summed E-state index contributed by atoms with van der Waals surface area (Å²) in [4.78, 5) is 21.2. The number of halogens is 1. The summed E-state index contributed by atoms with van der Waals surface area (Å²) < 4.78 is 2.06. The van der Waals surface area contributed by atoms with Crippen LogP contribution < -0.4 is 4.90 Å². The number of hydrogen-bond donors (Lipinski definition) is 0. The van der Waals surface area contributed by atoms with E-state index in [0.717, 1.165) is 30.9 Å². The number of thiazole rings is 1. The lowest BCUT2D eigenvalue weighted by Gasteiger charge is -2.20. The first kappa shape index (κ1) is 20.1. The van der Waals surface area contributed by atoms with Gasteiger partial charge in [0.15, 0.2) is 5.13 Å². The highest BCUT2D eigenvalue weighted by Gasteiger charge is 2.22. The number of hydrogen-bond acceptors (Lipinski definition) is 4. The van der Waals surface area contributed by atoms with E-state index >= 15 is 0 Å². The number of rotatable bonds is 6. The normalized spacial score (nSPS) is 11.0. The van der Waals surface area contributed by atoms with Crippen molar-refractivity contribution in [2.75, 3.05) is 10.7 Å². The average molecular weight is 483 g/mol. The topological polar surface area (TPSA) is 33.2 Å². The van der Waals surface area contributed by atoms with Gasteiger partial charge in [0.25, 0.3) is 5.91 Å². The van der Waals surface area contributed by atoms with E-state index in [9.17, 15) is 4.79 Å². The quantitative estimate of drug-likeness (QED) is 0.277. The molecule has 0 saturated heterocycles. The summed E-state index contributed by atoms with van der Waals surface area (Å²) in [7, 11) is 0. The zero-order chi connectivity index (χ0) is 20.2. The van der Waals surface area contributed by atoms with Crippen LogP contribution in [0.2, 0.25) is 0 Å². The van der Waals surface area contributed by atoms with E-state index in [4.69, 9.17) is 4.98 Å². The zero-order valence-corrected chi connectivity index (χ0v) is 19.1. The van der Waals surface area contributed by atoms with Crippen molar-refractivity contribution < 1.29 is 4.79 Å². The van der Waals surface area contributed by atoms with Crippen molar-refractivity contribution in [1.29, 1.82) is 0 Å². The molecule has 0 fully saturated rings. The van der Waals surface area contributed by atoms with E-state index in [1.54, 1.807) is 16.7 Å². The molecule has 1 aromatic heterocycles. The smallest absolute Gasteiger partial charge is 0.260 e. The minimum absolute atomic E-state index is 0.0365. The third kappa shape index (κ3) is 4.71. The van der Waals surface area contributed by atoms with Crippen LogP contribution in [0.5, 0.6) is 0 Å². The van der Waals surface area contributed by atoms with Crippen LogP contribution in [0, 0.1) is 0 Å². The molecule has 3 aromatic carbocycles. The molecule has 0 spiro atoms. The number of carbonyl (C=O) groups is 1. The second-order valence-electron chi connectivity index (χ2n) is 6.45. The van der Waals surface area contributed by atoms with Gasteiger partial charge in [-0.2, -0.15) is 0 Å². The van der Waals surface area contributed by atoms with E-state index in [1.807, 2.05) is 72.8 Å². The first-order valence-corrected chi connectivity index (χ1v) is 11.9. The molecule has 0 bridgehead atoms. The minimum Gasteiger partial charge on any atom is -0.279 e. The van der Waals surface area contributed by atoms with Gasteiger partial charge >= 0.3 is 0 Å². The number of aromatic nitrogens is 1. The van der Waals surface area contributed by atoms with Gasteiger partial charge in [-0.15, -0.1) is 11.8 Å². The van der Waals surface area contributed by atoms with E-state index < -0.39 is 0 Å². The second kappa shape index (κ2) is 9.11. The van der Waals surface area contributed by atoms with Gasteiger partial charge in [0.1, 0.15) is 0 Å². The van der Waals surface area contributed by atoms with Crippen LogP contribution in [0.3, 0.4) is 0 Å². The fourth-order valence-electron chi connectivity index (χ4n) is 3.04. The highest BCUT2D eigenvalue weighted by molar-refractivity contribution is 9.10. The fourth-order valence-corrected chi connectivity index (χ4v) is 5.27. The SMILES string of the molecule is CCSc1cccc(C(=O)N(Cc2ccccc2)c2nc3ccc(Br)cc3s2)c1. The Bertz CT molecular complexity index is 1140. The standard InChI is InChI=1S/C23H19BrN2OS2/c1-2-28-19-10-6-9-17(13-19)22(27)26(15-16-7-4-3-5-8-16)23-25-20-12-11-18(24)14-21(20)29-23/h3-14H,2,15H2,1H3. The summed E-state index contributed by atoms with van der Waals surface area (Å²) in [6, 6.07) is 23.9. The number of nitrogens with zero attached hydrogens (tertiary/aromatic N) is 2.